The zero-order valence-electron chi connectivity index (χ0n) is 29.1. The summed E-state index contributed by atoms with van der Waals surface area (Å²) in [6, 6.07) is 12.6. The molecule has 0 bridgehead atoms. The Morgan fingerprint density at radius 2 is 1.27 bits per heavy atom. The zero-order valence-corrected chi connectivity index (χ0v) is 30.1. The fourth-order valence-corrected chi connectivity index (χ4v) is 8.43. The van der Waals surface area contributed by atoms with Crippen molar-refractivity contribution in [1.82, 2.24) is 23.9 Å². The van der Waals surface area contributed by atoms with Crippen molar-refractivity contribution in [1.29, 1.82) is 0 Å². The van der Waals surface area contributed by atoms with Crippen LogP contribution in [0.4, 0.5) is 21.0 Å². The molecule has 3 aromatic carbocycles. The van der Waals surface area contributed by atoms with Gasteiger partial charge in [-0.25, -0.2) is 42.5 Å². The molecule has 0 saturated carbocycles. The van der Waals surface area contributed by atoms with E-state index in [2.05, 4.69) is 15.6 Å². The van der Waals surface area contributed by atoms with Crippen LogP contribution in [0.25, 0.3) is 17.1 Å². The third-order valence-corrected chi connectivity index (χ3v) is 12.0. The number of isocyanates is 1. The first-order chi connectivity index (χ1) is 24.3. The molecular formula is C34H37N7O9Si. The molecule has 2 heterocycles. The normalized spacial score (nSPS) is 14.0. The number of carbonyl (C=O) groups excluding carboxylic acids is 3. The van der Waals surface area contributed by atoms with Gasteiger partial charge in [0.2, 0.25) is 6.08 Å². The molecule has 1 unspecified atom stereocenters. The molecule has 1 atom stereocenters. The molecule has 1 aliphatic heterocycles. The lowest BCUT2D eigenvalue weighted by atomic mass is 10.1. The van der Waals surface area contributed by atoms with Gasteiger partial charge in [-0.05, 0) is 86.7 Å². The Bertz CT molecular complexity index is 2260. The van der Waals surface area contributed by atoms with Crippen molar-refractivity contribution in [2.45, 2.75) is 39.8 Å². The molecule has 0 spiro atoms. The fraction of sp³-hybridized carbons (Fsp3) is 0.294. The predicted molar refractivity (Wildman–Crippen MR) is 189 cm³/mol. The van der Waals surface area contributed by atoms with E-state index >= 15 is 0 Å². The lowest BCUT2D eigenvalue weighted by molar-refractivity contribution is 0.0502. The third-order valence-electron chi connectivity index (χ3n) is 8.83. The average Bonchev–Trinajstić information content (AvgIpc) is 3.07. The van der Waals surface area contributed by atoms with Crippen LogP contribution in [0, 0.1) is 27.7 Å². The second-order valence-electron chi connectivity index (χ2n) is 11.9. The number of imide groups is 1. The summed E-state index contributed by atoms with van der Waals surface area (Å²) in [7, 11) is 1.10. The van der Waals surface area contributed by atoms with Gasteiger partial charge in [0.25, 0.3) is 0 Å². The lowest BCUT2D eigenvalue weighted by Gasteiger charge is -2.46. The van der Waals surface area contributed by atoms with Gasteiger partial charge in [0.15, 0.2) is 0 Å². The number of hydrogen-bond acceptors (Lipinski definition) is 10. The molecule has 5 rings (SSSR count). The minimum absolute atomic E-state index is 0.0560. The number of anilines is 1. The molecule has 1 fully saturated rings. The molecule has 4 aromatic rings. The molecule has 4 amide bonds. The largest absolute Gasteiger partial charge is 0.524 e. The third kappa shape index (κ3) is 6.75. The molecule has 0 aliphatic carbocycles. The van der Waals surface area contributed by atoms with E-state index in [4.69, 9.17) is 13.3 Å². The average molecular weight is 716 g/mol. The summed E-state index contributed by atoms with van der Waals surface area (Å²) in [5, 5.41) is 4.86. The van der Waals surface area contributed by atoms with Crippen molar-refractivity contribution in [2.24, 2.45) is 4.99 Å². The van der Waals surface area contributed by atoms with E-state index in [-0.39, 0.29) is 28.4 Å². The highest BCUT2D eigenvalue weighted by Gasteiger charge is 2.56. The Hall–Kier alpha value is -5.71. The van der Waals surface area contributed by atoms with Gasteiger partial charge in [-0.2, -0.15) is 4.99 Å². The van der Waals surface area contributed by atoms with Crippen LogP contribution in [-0.4, -0.2) is 79.1 Å². The van der Waals surface area contributed by atoms with Gasteiger partial charge in [-0.1, -0.05) is 24.3 Å². The molecule has 1 aliphatic rings. The van der Waals surface area contributed by atoms with E-state index in [0.717, 1.165) is 19.3 Å². The number of likely N-dealkylation sites (tertiary alicyclic amines) is 1. The second kappa shape index (κ2) is 14.6. The van der Waals surface area contributed by atoms with Crippen LogP contribution in [0.5, 0.6) is 0 Å². The topological polar surface area (TPSA) is 185 Å². The first-order valence-electron chi connectivity index (χ1n) is 15.7. The Morgan fingerprint density at radius 1 is 0.765 bits per heavy atom. The lowest BCUT2D eigenvalue weighted by Crippen LogP contribution is -2.70. The van der Waals surface area contributed by atoms with E-state index < -0.39 is 43.6 Å². The number of benzene rings is 3. The summed E-state index contributed by atoms with van der Waals surface area (Å²) >= 11 is 0. The van der Waals surface area contributed by atoms with Crippen molar-refractivity contribution >= 4 is 38.3 Å². The predicted octanol–water partition coefficient (Wildman–Crippen LogP) is 3.07. The number of rotatable bonds is 9. The monoisotopic (exact) mass is 715 g/mol. The number of aryl methyl sites for hydroxylation is 4. The van der Waals surface area contributed by atoms with Gasteiger partial charge < -0.3 is 23.5 Å². The minimum atomic E-state index is -3.20. The molecule has 266 valence electrons. The van der Waals surface area contributed by atoms with E-state index in [0.29, 0.717) is 29.7 Å². The summed E-state index contributed by atoms with van der Waals surface area (Å²) in [4.78, 5) is 85.0. The van der Waals surface area contributed by atoms with Gasteiger partial charge >= 0.3 is 37.9 Å². The van der Waals surface area contributed by atoms with Crippen molar-refractivity contribution in [3.05, 3.63) is 108 Å². The number of amides is 4. The maximum absolute atomic E-state index is 14.3. The molecular weight excluding hydrogens is 678 g/mol. The van der Waals surface area contributed by atoms with Crippen LogP contribution >= 0.6 is 0 Å². The Balaban J connectivity index is 1.61. The van der Waals surface area contributed by atoms with Crippen molar-refractivity contribution < 1.29 is 27.7 Å². The van der Waals surface area contributed by atoms with Crippen molar-refractivity contribution in [3.63, 3.8) is 0 Å². The van der Waals surface area contributed by atoms with E-state index in [1.807, 2.05) is 6.07 Å². The summed E-state index contributed by atoms with van der Waals surface area (Å²) in [5.41, 5.74) is -0.442. The molecule has 1 aromatic heterocycles. The van der Waals surface area contributed by atoms with Crippen LogP contribution in [0.3, 0.4) is 0 Å². The molecule has 17 heteroatoms. The number of aromatic nitrogens is 3. The van der Waals surface area contributed by atoms with E-state index in [9.17, 15) is 28.8 Å². The Morgan fingerprint density at radius 3 is 1.78 bits per heavy atom. The number of urea groups is 2. The van der Waals surface area contributed by atoms with E-state index in [1.165, 1.54) is 56.6 Å². The number of nitrogens with zero attached hydrogens (tertiary/aromatic N) is 5. The highest BCUT2D eigenvalue weighted by molar-refractivity contribution is 6.62. The SMILES string of the molecule is CO[Si](OC)(OC)C1CCN1C(=O)NC(=O)Nc1ccc(C)c(-n2c(=O)n(-c3cc(C)ccc3C)c(=O)n(-c3cc(N=C=O)ccc3C)c2=O)c1. The van der Waals surface area contributed by atoms with Crippen LogP contribution in [0.1, 0.15) is 28.7 Å². The summed E-state index contributed by atoms with van der Waals surface area (Å²) in [6.45, 7) is 7.19. The Labute approximate surface area is 292 Å². The highest BCUT2D eigenvalue weighted by atomic mass is 28.4. The van der Waals surface area contributed by atoms with Crippen LogP contribution < -0.4 is 27.7 Å². The maximum atomic E-state index is 14.3. The molecule has 16 nitrogen and oxygen atoms in total. The van der Waals surface area contributed by atoms with Crippen LogP contribution in [0.2, 0.25) is 0 Å². The fourth-order valence-electron chi connectivity index (χ4n) is 6.00. The van der Waals surface area contributed by atoms with Gasteiger partial charge in [0.1, 0.15) is 5.67 Å². The second-order valence-corrected chi connectivity index (χ2v) is 15.0. The Kier molecular flexibility index (Phi) is 10.5. The zero-order chi connectivity index (χ0) is 37.2. The molecule has 1 saturated heterocycles. The summed E-state index contributed by atoms with van der Waals surface area (Å²) < 4.78 is 19.1. The first kappa shape index (κ1) is 36.6. The van der Waals surface area contributed by atoms with Crippen LogP contribution in [0.15, 0.2) is 74.0 Å². The van der Waals surface area contributed by atoms with Crippen molar-refractivity contribution in [2.75, 3.05) is 33.2 Å². The van der Waals surface area contributed by atoms with Gasteiger partial charge in [-0.3, -0.25) is 5.32 Å². The first-order valence-corrected chi connectivity index (χ1v) is 17.5. The summed E-state index contributed by atoms with van der Waals surface area (Å²) in [6.07, 6.45) is 2.01. The quantitative estimate of drug-likeness (QED) is 0.149. The number of nitrogens with one attached hydrogen (secondary N) is 2. The number of hydrogen-bond donors (Lipinski definition) is 2. The van der Waals surface area contributed by atoms with Gasteiger partial charge in [0, 0.05) is 33.6 Å². The van der Waals surface area contributed by atoms with E-state index in [1.54, 1.807) is 52.0 Å². The highest BCUT2D eigenvalue weighted by Crippen LogP contribution is 2.28. The minimum Gasteiger partial charge on any atom is -0.376 e. The van der Waals surface area contributed by atoms with Gasteiger partial charge in [-0.15, -0.1) is 0 Å². The van der Waals surface area contributed by atoms with Crippen LogP contribution in [-0.2, 0) is 18.1 Å². The van der Waals surface area contributed by atoms with Crippen molar-refractivity contribution in [3.8, 4) is 17.1 Å². The van der Waals surface area contributed by atoms with Gasteiger partial charge in [0.05, 0.1) is 22.7 Å². The standard InChI is InChI=1S/C34H37N7O9Si/c1-20-8-9-21(2)26(16-20)39-32(45)40(27-17-24(35-19-42)12-10-22(27)3)34(47)41(33(39)46)28-18-25(13-11-23(28)4)36-30(43)37-31(44)38-15-14-29(38)51(48-5,49-6)50-7/h8-13,16-18,29H,14-15H2,1-7H3,(H2,36,37,43,44). The molecule has 51 heavy (non-hydrogen) atoms. The summed E-state index contributed by atoms with van der Waals surface area (Å²) in [5.74, 6) is 0. The smallest absolute Gasteiger partial charge is 0.376 e. The molecule has 0 radical (unpaired) electrons. The number of aliphatic imine (C=N–C) groups is 1. The number of carbonyl (C=O) groups is 2. The maximum Gasteiger partial charge on any atom is 0.524 e. The molecule has 2 N–H and O–H groups in total.